The normalized spacial score (nSPS) is 15.0. The van der Waals surface area contributed by atoms with E-state index in [2.05, 4.69) is 43.4 Å². The van der Waals surface area contributed by atoms with E-state index in [1.807, 2.05) is 41.3 Å². The smallest absolute Gasteiger partial charge is 0.222 e. The van der Waals surface area contributed by atoms with Gasteiger partial charge in [-0.1, -0.05) is 74.5 Å². The van der Waals surface area contributed by atoms with Crippen molar-refractivity contribution in [2.75, 3.05) is 13.1 Å². The Bertz CT molecular complexity index is 741. The molecular formula is C25H32N2O2. The van der Waals surface area contributed by atoms with Crippen LogP contribution in [0.2, 0.25) is 0 Å². The van der Waals surface area contributed by atoms with Gasteiger partial charge in [0, 0.05) is 37.9 Å². The molecule has 1 heterocycles. The fraction of sp³-hybridized carbons (Fsp3) is 0.440. The van der Waals surface area contributed by atoms with Crippen molar-refractivity contribution >= 4 is 11.8 Å². The number of nitrogens with zero attached hydrogens (tertiary/aromatic N) is 1. The Kier molecular flexibility index (Phi) is 7.45. The van der Waals surface area contributed by atoms with Crippen LogP contribution in [0.3, 0.4) is 0 Å². The molecule has 0 aliphatic carbocycles. The number of rotatable bonds is 7. The minimum absolute atomic E-state index is 0.0464. The number of benzene rings is 2. The average molecular weight is 393 g/mol. The van der Waals surface area contributed by atoms with Crippen LogP contribution in [0.15, 0.2) is 60.7 Å². The van der Waals surface area contributed by atoms with Crippen molar-refractivity contribution in [2.24, 2.45) is 5.92 Å². The molecular weight excluding hydrogens is 360 g/mol. The first-order valence-corrected chi connectivity index (χ1v) is 10.7. The maximum atomic E-state index is 12.8. The van der Waals surface area contributed by atoms with E-state index in [0.717, 1.165) is 37.1 Å². The highest BCUT2D eigenvalue weighted by atomic mass is 16.2. The molecule has 2 aromatic rings. The van der Waals surface area contributed by atoms with Gasteiger partial charge < -0.3 is 10.2 Å². The van der Waals surface area contributed by atoms with Crippen LogP contribution in [0, 0.1) is 5.92 Å². The minimum Gasteiger partial charge on any atom is -0.353 e. The quantitative estimate of drug-likeness (QED) is 0.761. The summed E-state index contributed by atoms with van der Waals surface area (Å²) < 4.78 is 0. The summed E-state index contributed by atoms with van der Waals surface area (Å²) in [6, 6.07) is 20.6. The summed E-state index contributed by atoms with van der Waals surface area (Å²) >= 11 is 0. The van der Waals surface area contributed by atoms with Crippen molar-refractivity contribution in [3.8, 4) is 0 Å². The standard InChI is InChI=1S/C25H32N2O2/c1-19(2)17-25(29)27-15-13-22(14-16-27)26-24(28)18-23(20-9-5-3-6-10-20)21-11-7-4-8-12-21/h3-12,19,22-23H,13-18H2,1-2H3,(H,26,28). The van der Waals surface area contributed by atoms with Crippen LogP contribution in [-0.4, -0.2) is 35.8 Å². The van der Waals surface area contributed by atoms with Crippen LogP contribution in [0.5, 0.6) is 0 Å². The molecule has 0 spiro atoms. The van der Waals surface area contributed by atoms with Gasteiger partial charge in [0.15, 0.2) is 0 Å². The maximum absolute atomic E-state index is 12.8. The molecule has 154 valence electrons. The van der Waals surface area contributed by atoms with Gasteiger partial charge in [0.1, 0.15) is 0 Å². The first kappa shape index (κ1) is 21.1. The molecule has 1 fully saturated rings. The summed E-state index contributed by atoms with van der Waals surface area (Å²) in [6.45, 7) is 5.61. The Morgan fingerprint density at radius 2 is 1.41 bits per heavy atom. The first-order valence-electron chi connectivity index (χ1n) is 10.7. The zero-order valence-electron chi connectivity index (χ0n) is 17.5. The van der Waals surface area contributed by atoms with E-state index in [0.29, 0.717) is 18.8 Å². The molecule has 4 nitrogen and oxygen atoms in total. The average Bonchev–Trinajstić information content (AvgIpc) is 2.73. The number of hydrogen-bond donors (Lipinski definition) is 1. The number of carbonyl (C=O) groups excluding carboxylic acids is 2. The maximum Gasteiger partial charge on any atom is 0.222 e. The minimum atomic E-state index is 0.0464. The van der Waals surface area contributed by atoms with E-state index < -0.39 is 0 Å². The summed E-state index contributed by atoms with van der Waals surface area (Å²) in [7, 11) is 0. The van der Waals surface area contributed by atoms with Gasteiger partial charge in [-0.15, -0.1) is 0 Å². The Hall–Kier alpha value is -2.62. The topological polar surface area (TPSA) is 49.4 Å². The zero-order valence-corrected chi connectivity index (χ0v) is 17.5. The van der Waals surface area contributed by atoms with Gasteiger partial charge >= 0.3 is 0 Å². The molecule has 2 amide bonds. The fourth-order valence-electron chi connectivity index (χ4n) is 4.02. The number of hydrogen-bond acceptors (Lipinski definition) is 2. The molecule has 1 aliphatic rings. The van der Waals surface area contributed by atoms with E-state index in [4.69, 9.17) is 0 Å². The summed E-state index contributed by atoms with van der Waals surface area (Å²) in [5, 5.41) is 3.21. The second-order valence-electron chi connectivity index (χ2n) is 8.40. The Labute approximate surface area is 174 Å². The van der Waals surface area contributed by atoms with Crippen LogP contribution >= 0.6 is 0 Å². The molecule has 3 rings (SSSR count). The second kappa shape index (κ2) is 10.2. The zero-order chi connectivity index (χ0) is 20.6. The van der Waals surface area contributed by atoms with Crippen molar-refractivity contribution in [3.05, 3.63) is 71.8 Å². The van der Waals surface area contributed by atoms with Gasteiger partial charge in [-0.25, -0.2) is 0 Å². The number of likely N-dealkylation sites (tertiary alicyclic amines) is 1. The van der Waals surface area contributed by atoms with Gasteiger partial charge in [0.05, 0.1) is 0 Å². The van der Waals surface area contributed by atoms with Crippen LogP contribution in [0.25, 0.3) is 0 Å². The van der Waals surface area contributed by atoms with Crippen LogP contribution in [0.1, 0.15) is 56.6 Å². The van der Waals surface area contributed by atoms with Crippen molar-refractivity contribution in [1.29, 1.82) is 0 Å². The monoisotopic (exact) mass is 392 g/mol. The molecule has 2 aromatic carbocycles. The van der Waals surface area contributed by atoms with Crippen molar-refractivity contribution in [3.63, 3.8) is 0 Å². The third-order valence-electron chi connectivity index (χ3n) is 5.59. The van der Waals surface area contributed by atoms with Crippen LogP contribution in [-0.2, 0) is 9.59 Å². The van der Waals surface area contributed by atoms with Gasteiger partial charge in [-0.3, -0.25) is 9.59 Å². The summed E-state index contributed by atoms with van der Waals surface area (Å²) in [4.78, 5) is 27.0. The molecule has 4 heteroatoms. The van der Waals surface area contributed by atoms with Gasteiger partial charge in [-0.2, -0.15) is 0 Å². The molecule has 0 bridgehead atoms. The molecule has 1 saturated heterocycles. The summed E-state index contributed by atoms with van der Waals surface area (Å²) in [5.74, 6) is 0.741. The van der Waals surface area contributed by atoms with Crippen molar-refractivity contribution in [2.45, 2.75) is 51.5 Å². The second-order valence-corrected chi connectivity index (χ2v) is 8.40. The number of carbonyl (C=O) groups is 2. The predicted octanol–water partition coefficient (Wildman–Crippen LogP) is 4.36. The van der Waals surface area contributed by atoms with Crippen molar-refractivity contribution < 1.29 is 9.59 Å². The lowest BCUT2D eigenvalue weighted by molar-refractivity contribution is -0.133. The third kappa shape index (κ3) is 6.18. The lowest BCUT2D eigenvalue weighted by atomic mass is 9.88. The fourth-order valence-corrected chi connectivity index (χ4v) is 4.02. The SMILES string of the molecule is CC(C)CC(=O)N1CCC(NC(=O)CC(c2ccccc2)c2ccccc2)CC1. The molecule has 0 aromatic heterocycles. The molecule has 0 radical (unpaired) electrons. The molecule has 29 heavy (non-hydrogen) atoms. The van der Waals surface area contributed by atoms with E-state index in [1.54, 1.807) is 0 Å². The molecule has 0 atom stereocenters. The highest BCUT2D eigenvalue weighted by Crippen LogP contribution is 2.28. The largest absolute Gasteiger partial charge is 0.353 e. The van der Waals surface area contributed by atoms with E-state index in [9.17, 15) is 9.59 Å². The van der Waals surface area contributed by atoms with Crippen LogP contribution in [0.4, 0.5) is 0 Å². The van der Waals surface area contributed by atoms with Crippen LogP contribution < -0.4 is 5.32 Å². The van der Waals surface area contributed by atoms with Crippen molar-refractivity contribution in [1.82, 2.24) is 10.2 Å². The van der Waals surface area contributed by atoms with E-state index in [1.165, 1.54) is 0 Å². The van der Waals surface area contributed by atoms with Gasteiger partial charge in [0.25, 0.3) is 0 Å². The van der Waals surface area contributed by atoms with E-state index in [-0.39, 0.29) is 23.8 Å². The molecule has 0 saturated carbocycles. The summed E-state index contributed by atoms with van der Waals surface area (Å²) in [5.41, 5.74) is 2.31. The number of nitrogens with one attached hydrogen (secondary N) is 1. The molecule has 1 N–H and O–H groups in total. The Morgan fingerprint density at radius 1 is 0.897 bits per heavy atom. The Balaban J connectivity index is 1.57. The highest BCUT2D eigenvalue weighted by Gasteiger charge is 2.25. The first-order chi connectivity index (χ1) is 14.0. The lowest BCUT2D eigenvalue weighted by Crippen LogP contribution is -2.46. The number of amides is 2. The molecule has 1 aliphatic heterocycles. The van der Waals surface area contributed by atoms with Gasteiger partial charge in [-0.05, 0) is 29.9 Å². The molecule has 0 unspecified atom stereocenters. The summed E-state index contributed by atoms with van der Waals surface area (Å²) in [6.07, 6.45) is 2.70. The lowest BCUT2D eigenvalue weighted by Gasteiger charge is -2.33. The predicted molar refractivity (Wildman–Crippen MR) is 117 cm³/mol. The van der Waals surface area contributed by atoms with Gasteiger partial charge in [0.2, 0.25) is 11.8 Å². The van der Waals surface area contributed by atoms with E-state index >= 15 is 0 Å². The number of piperidine rings is 1. The Morgan fingerprint density at radius 3 is 1.90 bits per heavy atom. The highest BCUT2D eigenvalue weighted by molar-refractivity contribution is 5.78. The third-order valence-corrected chi connectivity index (χ3v) is 5.59.